The summed E-state index contributed by atoms with van der Waals surface area (Å²) in [7, 11) is 1.67. The van der Waals surface area contributed by atoms with Crippen molar-refractivity contribution in [2.24, 2.45) is 0 Å². The molecule has 0 aliphatic heterocycles. The SMILES string of the molecule is [C-]#[N+]c1ccc(-c2cccc3c(OC)c(I)cnc23)cc1. The highest BCUT2D eigenvalue weighted by atomic mass is 127. The molecule has 0 aliphatic carbocycles. The molecule has 1 heterocycles. The molecular formula is C17H11IN2O. The van der Waals surface area contributed by atoms with Crippen LogP contribution in [-0.2, 0) is 0 Å². The summed E-state index contributed by atoms with van der Waals surface area (Å²) in [4.78, 5) is 7.98. The molecule has 21 heavy (non-hydrogen) atoms. The van der Waals surface area contributed by atoms with Crippen molar-refractivity contribution >= 4 is 39.2 Å². The van der Waals surface area contributed by atoms with Crippen molar-refractivity contribution in [2.75, 3.05) is 7.11 Å². The van der Waals surface area contributed by atoms with Gasteiger partial charge >= 0.3 is 0 Å². The van der Waals surface area contributed by atoms with Crippen molar-refractivity contribution in [3.05, 3.63) is 63.6 Å². The zero-order valence-corrected chi connectivity index (χ0v) is 13.5. The first kappa shape index (κ1) is 13.8. The largest absolute Gasteiger partial charge is 0.495 e. The second-order valence-corrected chi connectivity index (χ2v) is 5.66. The fourth-order valence-electron chi connectivity index (χ4n) is 2.33. The molecule has 0 bridgehead atoms. The first-order chi connectivity index (χ1) is 10.2. The summed E-state index contributed by atoms with van der Waals surface area (Å²) < 4.78 is 6.49. The molecule has 4 heteroatoms. The Kier molecular flexibility index (Phi) is 3.76. The summed E-state index contributed by atoms with van der Waals surface area (Å²) in [6.45, 7) is 7.02. The standard InChI is InChI=1S/C17H11IN2O/c1-19-12-8-6-11(7-9-12)13-4-3-5-14-16(13)20-10-15(18)17(14)21-2/h3-10H,2H3. The third-order valence-electron chi connectivity index (χ3n) is 3.32. The van der Waals surface area contributed by atoms with Crippen LogP contribution in [-0.4, -0.2) is 12.1 Å². The fourth-order valence-corrected chi connectivity index (χ4v) is 2.98. The van der Waals surface area contributed by atoms with Crippen molar-refractivity contribution in [2.45, 2.75) is 0 Å². The van der Waals surface area contributed by atoms with Crippen molar-refractivity contribution in [3.8, 4) is 16.9 Å². The van der Waals surface area contributed by atoms with Gasteiger partial charge in [0.1, 0.15) is 5.75 Å². The van der Waals surface area contributed by atoms with E-state index in [0.717, 1.165) is 31.3 Å². The lowest BCUT2D eigenvalue weighted by Gasteiger charge is -2.11. The van der Waals surface area contributed by atoms with E-state index >= 15 is 0 Å². The Balaban J connectivity index is 2.26. The van der Waals surface area contributed by atoms with Crippen LogP contribution in [0.25, 0.3) is 26.9 Å². The number of nitrogens with zero attached hydrogens (tertiary/aromatic N) is 2. The monoisotopic (exact) mass is 386 g/mol. The Hall–Kier alpha value is -2.13. The van der Waals surface area contributed by atoms with E-state index in [1.54, 1.807) is 7.11 Å². The number of halogens is 1. The van der Waals surface area contributed by atoms with Gasteiger partial charge in [-0.3, -0.25) is 4.98 Å². The van der Waals surface area contributed by atoms with E-state index in [1.165, 1.54) is 0 Å². The van der Waals surface area contributed by atoms with Gasteiger partial charge in [-0.15, -0.1) is 0 Å². The Morgan fingerprint density at radius 1 is 1.14 bits per heavy atom. The normalized spacial score (nSPS) is 10.3. The lowest BCUT2D eigenvalue weighted by molar-refractivity contribution is 0.416. The second kappa shape index (κ2) is 5.70. The van der Waals surface area contributed by atoms with E-state index in [2.05, 4.69) is 32.4 Å². The Morgan fingerprint density at radius 3 is 2.57 bits per heavy atom. The number of hydrogen-bond donors (Lipinski definition) is 0. The van der Waals surface area contributed by atoms with Crippen LogP contribution >= 0.6 is 22.6 Å². The molecule has 0 amide bonds. The highest BCUT2D eigenvalue weighted by Crippen LogP contribution is 2.35. The van der Waals surface area contributed by atoms with Crippen LogP contribution < -0.4 is 4.74 Å². The van der Waals surface area contributed by atoms with Gasteiger partial charge in [0.2, 0.25) is 0 Å². The van der Waals surface area contributed by atoms with Crippen LogP contribution in [0.1, 0.15) is 0 Å². The van der Waals surface area contributed by atoms with Crippen LogP contribution in [0.5, 0.6) is 5.75 Å². The molecular weight excluding hydrogens is 375 g/mol. The molecule has 0 saturated heterocycles. The van der Waals surface area contributed by atoms with Gasteiger partial charge in [-0.1, -0.05) is 36.4 Å². The van der Waals surface area contributed by atoms with E-state index in [4.69, 9.17) is 11.3 Å². The molecule has 0 atom stereocenters. The molecule has 0 unspecified atom stereocenters. The number of benzene rings is 2. The zero-order chi connectivity index (χ0) is 14.8. The minimum Gasteiger partial charge on any atom is -0.495 e. The van der Waals surface area contributed by atoms with Crippen LogP contribution in [0.2, 0.25) is 0 Å². The zero-order valence-electron chi connectivity index (χ0n) is 11.3. The number of rotatable bonds is 2. The maximum Gasteiger partial charge on any atom is 0.187 e. The molecule has 1 aromatic heterocycles. The molecule has 0 spiro atoms. The molecule has 3 nitrogen and oxygen atoms in total. The summed E-state index contributed by atoms with van der Waals surface area (Å²) >= 11 is 2.22. The second-order valence-electron chi connectivity index (χ2n) is 4.50. The number of hydrogen-bond acceptors (Lipinski definition) is 2. The Morgan fingerprint density at radius 2 is 1.90 bits per heavy atom. The highest BCUT2D eigenvalue weighted by molar-refractivity contribution is 14.1. The van der Waals surface area contributed by atoms with Gasteiger partial charge in [0.15, 0.2) is 5.69 Å². The van der Waals surface area contributed by atoms with Crippen molar-refractivity contribution in [1.82, 2.24) is 4.98 Å². The van der Waals surface area contributed by atoms with E-state index < -0.39 is 0 Å². The quantitative estimate of drug-likeness (QED) is 0.454. The van der Waals surface area contributed by atoms with E-state index in [0.29, 0.717) is 5.69 Å². The number of aromatic nitrogens is 1. The van der Waals surface area contributed by atoms with Gasteiger partial charge < -0.3 is 4.74 Å². The van der Waals surface area contributed by atoms with Gasteiger partial charge in [0.05, 0.1) is 22.8 Å². The molecule has 3 rings (SSSR count). The Labute approximate surface area is 136 Å². The van der Waals surface area contributed by atoms with Gasteiger partial charge in [-0.25, -0.2) is 4.85 Å². The maximum absolute atomic E-state index is 7.02. The van der Waals surface area contributed by atoms with Crippen LogP contribution in [0.15, 0.2) is 48.7 Å². The van der Waals surface area contributed by atoms with Gasteiger partial charge in [-0.05, 0) is 34.2 Å². The third kappa shape index (κ3) is 2.45. The van der Waals surface area contributed by atoms with E-state index in [-0.39, 0.29) is 0 Å². The minimum absolute atomic E-state index is 0.638. The first-order valence-electron chi connectivity index (χ1n) is 6.33. The summed E-state index contributed by atoms with van der Waals surface area (Å²) in [6.07, 6.45) is 1.82. The van der Waals surface area contributed by atoms with Crippen LogP contribution in [0.4, 0.5) is 5.69 Å². The topological polar surface area (TPSA) is 26.5 Å². The Bertz CT molecular complexity index is 851. The molecule has 0 radical (unpaired) electrons. The van der Waals surface area contributed by atoms with Crippen molar-refractivity contribution in [1.29, 1.82) is 0 Å². The molecule has 0 fully saturated rings. The average Bonchev–Trinajstić information content (AvgIpc) is 2.54. The third-order valence-corrected chi connectivity index (χ3v) is 4.08. The van der Waals surface area contributed by atoms with Crippen molar-refractivity contribution < 1.29 is 4.74 Å². The van der Waals surface area contributed by atoms with Gasteiger partial charge in [0, 0.05) is 17.1 Å². The molecule has 0 saturated carbocycles. The summed E-state index contributed by atoms with van der Waals surface area (Å²) in [5.41, 5.74) is 3.63. The molecule has 0 aliphatic rings. The number of fused-ring (bicyclic) bond motifs is 1. The predicted octanol–water partition coefficient (Wildman–Crippen LogP) is 5.07. The molecule has 102 valence electrons. The van der Waals surface area contributed by atoms with Crippen LogP contribution in [0, 0.1) is 10.1 Å². The smallest absolute Gasteiger partial charge is 0.187 e. The fraction of sp³-hybridized carbons (Fsp3) is 0.0588. The van der Waals surface area contributed by atoms with Gasteiger partial charge in [0.25, 0.3) is 0 Å². The summed E-state index contributed by atoms with van der Waals surface area (Å²) in [6, 6.07) is 13.6. The van der Waals surface area contributed by atoms with E-state index in [9.17, 15) is 0 Å². The molecule has 2 aromatic carbocycles. The molecule has 3 aromatic rings. The lowest BCUT2D eigenvalue weighted by atomic mass is 10.0. The maximum atomic E-state index is 7.02. The van der Waals surface area contributed by atoms with E-state index in [1.807, 2.05) is 48.7 Å². The highest BCUT2D eigenvalue weighted by Gasteiger charge is 2.11. The molecule has 0 N–H and O–H groups in total. The van der Waals surface area contributed by atoms with Crippen molar-refractivity contribution in [3.63, 3.8) is 0 Å². The summed E-state index contributed by atoms with van der Waals surface area (Å²) in [5.74, 6) is 0.847. The first-order valence-corrected chi connectivity index (χ1v) is 7.41. The van der Waals surface area contributed by atoms with Crippen LogP contribution in [0.3, 0.4) is 0 Å². The summed E-state index contributed by atoms with van der Waals surface area (Å²) in [5, 5.41) is 0.996. The number of para-hydroxylation sites is 1. The van der Waals surface area contributed by atoms with Gasteiger partial charge in [-0.2, -0.15) is 0 Å². The average molecular weight is 386 g/mol. The number of ether oxygens (including phenoxy) is 1. The predicted molar refractivity (Wildman–Crippen MR) is 92.7 cm³/mol. The minimum atomic E-state index is 0.638. The number of methoxy groups -OCH3 is 1. The number of pyridine rings is 1. The lowest BCUT2D eigenvalue weighted by Crippen LogP contribution is -1.92.